The Morgan fingerprint density at radius 1 is 0.938 bits per heavy atom. The second kappa shape index (κ2) is 6.70. The minimum atomic E-state index is -0.852. The van der Waals surface area contributed by atoms with Gasteiger partial charge in [-0.2, -0.15) is 10.5 Å². The second-order valence-corrected chi connectivity index (χ2v) is 9.53. The Hall–Kier alpha value is -3.59. The number of carbonyl (C=O) groups excluding carboxylic acids is 1. The molecule has 3 heterocycles. The molecule has 3 aliphatic rings. The summed E-state index contributed by atoms with van der Waals surface area (Å²) in [5.41, 5.74) is -0.356. The molecule has 1 aliphatic heterocycles. The quantitative estimate of drug-likeness (QED) is 0.708. The van der Waals surface area contributed by atoms with E-state index in [0.29, 0.717) is 49.9 Å². The van der Waals surface area contributed by atoms with Crippen LogP contribution in [0.3, 0.4) is 0 Å². The van der Waals surface area contributed by atoms with Crippen molar-refractivity contribution in [2.75, 3.05) is 31.1 Å². The molecule has 2 atom stereocenters. The fourth-order valence-corrected chi connectivity index (χ4v) is 5.95. The summed E-state index contributed by atoms with van der Waals surface area (Å²) in [5.74, 6) is 0.716. The summed E-state index contributed by atoms with van der Waals surface area (Å²) in [5, 5.41) is 19.0. The smallest absolute Gasteiger partial charge is 0.235 e. The number of rotatable bonds is 2. The summed E-state index contributed by atoms with van der Waals surface area (Å²) in [6, 6.07) is 5.78. The first kappa shape index (κ1) is 20.3. The van der Waals surface area contributed by atoms with E-state index in [-0.39, 0.29) is 22.7 Å². The SMILES string of the molecule is CC12CCC(C(=O)N3CCN(c4ncccn4)CC3)(c3nc(C#N)c(C#N)nc31)C2(C)C. The average molecular weight is 429 g/mol. The second-order valence-electron chi connectivity index (χ2n) is 9.53. The van der Waals surface area contributed by atoms with E-state index in [1.165, 1.54) is 0 Å². The molecular formula is C23H24N8O. The molecule has 0 spiro atoms. The van der Waals surface area contributed by atoms with Crippen LogP contribution in [0.1, 0.15) is 56.4 Å². The van der Waals surface area contributed by atoms with E-state index >= 15 is 0 Å². The van der Waals surface area contributed by atoms with Crippen molar-refractivity contribution in [1.29, 1.82) is 10.5 Å². The molecule has 2 bridgehead atoms. The number of carbonyl (C=O) groups is 1. The van der Waals surface area contributed by atoms with E-state index in [1.807, 2.05) is 17.0 Å². The molecule has 0 radical (unpaired) electrons. The maximum Gasteiger partial charge on any atom is 0.235 e. The zero-order valence-electron chi connectivity index (χ0n) is 18.5. The zero-order valence-corrected chi connectivity index (χ0v) is 18.5. The summed E-state index contributed by atoms with van der Waals surface area (Å²) in [7, 11) is 0. The van der Waals surface area contributed by atoms with Crippen LogP contribution in [-0.4, -0.2) is 56.9 Å². The molecule has 2 aromatic heterocycles. The van der Waals surface area contributed by atoms with Gasteiger partial charge in [0.2, 0.25) is 11.9 Å². The monoisotopic (exact) mass is 428 g/mol. The van der Waals surface area contributed by atoms with Crippen LogP contribution in [-0.2, 0) is 15.6 Å². The van der Waals surface area contributed by atoms with E-state index in [4.69, 9.17) is 0 Å². The van der Waals surface area contributed by atoms with Gasteiger partial charge in [-0.05, 0) is 24.3 Å². The van der Waals surface area contributed by atoms with E-state index in [9.17, 15) is 15.3 Å². The van der Waals surface area contributed by atoms with E-state index in [2.05, 4.69) is 45.6 Å². The number of hydrogen-bond acceptors (Lipinski definition) is 8. The summed E-state index contributed by atoms with van der Waals surface area (Å²) >= 11 is 0. The highest BCUT2D eigenvalue weighted by Crippen LogP contribution is 2.70. The highest BCUT2D eigenvalue weighted by atomic mass is 16.2. The van der Waals surface area contributed by atoms with Gasteiger partial charge in [0, 0.05) is 44.0 Å². The topological polar surface area (TPSA) is 123 Å². The first-order valence-corrected chi connectivity index (χ1v) is 10.8. The van der Waals surface area contributed by atoms with Gasteiger partial charge >= 0.3 is 0 Å². The largest absolute Gasteiger partial charge is 0.338 e. The number of anilines is 1. The molecule has 1 saturated heterocycles. The van der Waals surface area contributed by atoms with Gasteiger partial charge in [-0.25, -0.2) is 19.9 Å². The van der Waals surface area contributed by atoms with Crippen LogP contribution in [0.2, 0.25) is 0 Å². The van der Waals surface area contributed by atoms with Crippen molar-refractivity contribution < 1.29 is 4.79 Å². The lowest BCUT2D eigenvalue weighted by molar-refractivity contribution is -0.141. The summed E-state index contributed by atoms with van der Waals surface area (Å²) < 4.78 is 0. The van der Waals surface area contributed by atoms with Crippen molar-refractivity contribution in [3.05, 3.63) is 41.2 Å². The van der Waals surface area contributed by atoms with Gasteiger partial charge in [0.1, 0.15) is 12.1 Å². The summed E-state index contributed by atoms with van der Waals surface area (Å²) in [6.45, 7) is 8.75. The molecule has 2 fully saturated rings. The van der Waals surface area contributed by atoms with Gasteiger partial charge in [-0.15, -0.1) is 0 Å². The minimum absolute atomic E-state index is 0.00331. The lowest BCUT2D eigenvalue weighted by Crippen LogP contribution is -2.57. The molecule has 32 heavy (non-hydrogen) atoms. The zero-order chi connectivity index (χ0) is 22.7. The lowest BCUT2D eigenvalue weighted by Gasteiger charge is -2.44. The van der Waals surface area contributed by atoms with Crippen molar-refractivity contribution in [2.45, 2.75) is 44.4 Å². The van der Waals surface area contributed by atoms with E-state index in [0.717, 1.165) is 6.42 Å². The number of piperazine rings is 1. The van der Waals surface area contributed by atoms with Crippen LogP contribution in [0.15, 0.2) is 18.5 Å². The van der Waals surface area contributed by atoms with Crippen LogP contribution >= 0.6 is 0 Å². The maximum atomic E-state index is 14.2. The van der Waals surface area contributed by atoms with Crippen LogP contribution in [0.5, 0.6) is 0 Å². The lowest BCUT2D eigenvalue weighted by atomic mass is 9.63. The Labute approximate surface area is 186 Å². The van der Waals surface area contributed by atoms with Gasteiger partial charge in [-0.3, -0.25) is 4.79 Å². The van der Waals surface area contributed by atoms with Gasteiger partial charge in [0.25, 0.3) is 0 Å². The number of fused-ring (bicyclic) bond motifs is 5. The molecular weight excluding hydrogens is 404 g/mol. The van der Waals surface area contributed by atoms with E-state index < -0.39 is 10.8 Å². The predicted octanol–water partition coefficient (Wildman–Crippen LogP) is 1.69. The molecule has 2 aliphatic carbocycles. The Morgan fingerprint density at radius 3 is 2.12 bits per heavy atom. The molecule has 0 N–H and O–H groups in total. The molecule has 5 rings (SSSR count). The molecule has 0 aromatic carbocycles. The first-order chi connectivity index (χ1) is 15.3. The van der Waals surface area contributed by atoms with Crippen molar-refractivity contribution in [3.8, 4) is 12.1 Å². The minimum Gasteiger partial charge on any atom is -0.338 e. The Kier molecular flexibility index (Phi) is 4.26. The maximum absolute atomic E-state index is 14.2. The highest BCUT2D eigenvalue weighted by Gasteiger charge is 2.73. The molecule has 9 heteroatoms. The molecule has 1 amide bonds. The summed E-state index contributed by atoms with van der Waals surface area (Å²) in [6.07, 6.45) is 4.89. The number of aromatic nitrogens is 4. The number of hydrogen-bond donors (Lipinski definition) is 0. The van der Waals surface area contributed by atoms with Gasteiger partial charge in [-0.1, -0.05) is 20.8 Å². The van der Waals surface area contributed by atoms with Gasteiger partial charge in [0.15, 0.2) is 11.4 Å². The third-order valence-corrected chi connectivity index (χ3v) is 8.25. The molecule has 162 valence electrons. The third-order valence-electron chi connectivity index (χ3n) is 8.25. The Morgan fingerprint density at radius 2 is 1.53 bits per heavy atom. The van der Waals surface area contributed by atoms with Crippen molar-refractivity contribution in [2.24, 2.45) is 5.41 Å². The number of amides is 1. The standard InChI is InChI=1S/C23H24N8O/c1-21(2)22(3)5-6-23(21,18-17(22)28-15(13-24)16(14-25)29-18)19(32)30-9-11-31(12-10-30)20-26-7-4-8-27-20/h4,7-8H,5-6,9-12H2,1-3H3. The predicted molar refractivity (Wildman–Crippen MR) is 114 cm³/mol. The molecule has 2 aromatic rings. The number of nitriles is 2. The fourth-order valence-electron chi connectivity index (χ4n) is 5.95. The Balaban J connectivity index is 1.52. The van der Waals surface area contributed by atoms with Crippen molar-refractivity contribution in [1.82, 2.24) is 24.8 Å². The number of nitrogens with zero attached hydrogens (tertiary/aromatic N) is 8. The molecule has 9 nitrogen and oxygen atoms in total. The van der Waals surface area contributed by atoms with E-state index in [1.54, 1.807) is 18.5 Å². The average Bonchev–Trinajstić information content (AvgIpc) is 3.13. The van der Waals surface area contributed by atoms with Crippen LogP contribution in [0.4, 0.5) is 5.95 Å². The summed E-state index contributed by atoms with van der Waals surface area (Å²) in [4.78, 5) is 36.0. The fraction of sp³-hybridized carbons (Fsp3) is 0.522. The Bertz CT molecular complexity index is 1190. The first-order valence-electron chi connectivity index (χ1n) is 10.8. The normalized spacial score (nSPS) is 27.5. The van der Waals surface area contributed by atoms with Crippen LogP contribution < -0.4 is 4.90 Å². The highest BCUT2D eigenvalue weighted by molar-refractivity contribution is 5.92. The van der Waals surface area contributed by atoms with Crippen molar-refractivity contribution >= 4 is 11.9 Å². The van der Waals surface area contributed by atoms with Crippen LogP contribution in [0, 0.1) is 28.1 Å². The molecule has 1 saturated carbocycles. The van der Waals surface area contributed by atoms with Crippen molar-refractivity contribution in [3.63, 3.8) is 0 Å². The molecule has 2 unspecified atom stereocenters. The van der Waals surface area contributed by atoms with Gasteiger partial charge in [0.05, 0.1) is 16.8 Å². The van der Waals surface area contributed by atoms with Crippen LogP contribution in [0.25, 0.3) is 0 Å². The third kappa shape index (κ3) is 2.34. The van der Waals surface area contributed by atoms with Gasteiger partial charge < -0.3 is 9.80 Å².